The van der Waals surface area contributed by atoms with Crippen LogP contribution < -0.4 is 10.1 Å². The van der Waals surface area contributed by atoms with Gasteiger partial charge in [0.15, 0.2) is 5.75 Å². The smallest absolute Gasteiger partial charge is 0.258 e. The lowest BCUT2D eigenvalue weighted by Gasteiger charge is -2.38. The number of rotatable bonds is 9. The van der Waals surface area contributed by atoms with E-state index in [4.69, 9.17) is 4.74 Å². The summed E-state index contributed by atoms with van der Waals surface area (Å²) in [7, 11) is -2.62. The number of ether oxygens (including phenoxy) is 1. The van der Waals surface area contributed by atoms with Gasteiger partial charge in [-0.3, -0.25) is 9.59 Å². The Labute approximate surface area is 265 Å². The fraction of sp³-hybridized carbons (Fsp3) is 0.281. The molecule has 10 nitrogen and oxygen atoms in total. The number of hydrogen-bond acceptors (Lipinski definition) is 8. The van der Waals surface area contributed by atoms with Gasteiger partial charge < -0.3 is 20.1 Å². The van der Waals surface area contributed by atoms with E-state index in [1.807, 2.05) is 12.3 Å². The van der Waals surface area contributed by atoms with Gasteiger partial charge in [-0.15, -0.1) is 11.3 Å². The predicted octanol–water partition coefficient (Wildman–Crippen LogP) is 4.74. The van der Waals surface area contributed by atoms with E-state index in [-0.39, 0.29) is 41.6 Å². The van der Waals surface area contributed by atoms with Crippen LogP contribution in [0.25, 0.3) is 10.6 Å². The maximum absolute atomic E-state index is 13.8. The van der Waals surface area contributed by atoms with Crippen molar-refractivity contribution in [3.8, 4) is 16.3 Å². The first-order chi connectivity index (χ1) is 21.5. The number of aromatic nitrogens is 1. The van der Waals surface area contributed by atoms with E-state index < -0.39 is 45.7 Å². The summed E-state index contributed by atoms with van der Waals surface area (Å²) in [5.74, 6) is -1.70. The highest BCUT2D eigenvalue weighted by molar-refractivity contribution is 7.89. The number of nitrogens with zero attached hydrogens (tertiary/aromatic N) is 3. The number of benzene rings is 3. The fourth-order valence-corrected chi connectivity index (χ4v) is 6.85. The lowest BCUT2D eigenvalue weighted by atomic mass is 9.99. The van der Waals surface area contributed by atoms with Gasteiger partial charge in [0, 0.05) is 42.2 Å². The highest BCUT2D eigenvalue weighted by Crippen LogP contribution is 2.35. The van der Waals surface area contributed by atoms with Crippen LogP contribution in [-0.2, 0) is 10.0 Å². The van der Waals surface area contributed by atoms with E-state index in [1.165, 1.54) is 35.4 Å². The second-order valence-corrected chi connectivity index (χ2v) is 13.9. The molecule has 3 atom stereocenters. The Hall–Kier alpha value is -4.17. The van der Waals surface area contributed by atoms with Crippen molar-refractivity contribution in [2.75, 3.05) is 32.1 Å². The number of nitrogens with one attached hydrogen (secondary N) is 1. The van der Waals surface area contributed by atoms with Crippen LogP contribution in [0.3, 0.4) is 0 Å². The number of aliphatic hydroxyl groups is 1. The summed E-state index contributed by atoms with van der Waals surface area (Å²) in [6.45, 7) is 3.32. The van der Waals surface area contributed by atoms with Crippen LogP contribution in [0.5, 0.6) is 5.75 Å². The van der Waals surface area contributed by atoms with Crippen LogP contribution in [0, 0.1) is 11.7 Å². The van der Waals surface area contributed by atoms with Gasteiger partial charge in [-0.25, -0.2) is 17.8 Å². The molecule has 3 aromatic carbocycles. The fourth-order valence-electron chi connectivity index (χ4n) is 5.02. The van der Waals surface area contributed by atoms with Crippen molar-refractivity contribution in [2.24, 2.45) is 5.92 Å². The Morgan fingerprint density at radius 2 is 1.89 bits per heavy atom. The minimum Gasteiger partial charge on any atom is -0.486 e. The average molecular weight is 653 g/mol. The standard InChI is InChI=1S/C32H33FN4O6S2/c1-20-17-37(21(2)19-38)32(40)26-5-4-6-27(35-30(39)22-7-9-23(10-8-22)31-34-15-16-44-31)29(26)43-28(20)18-36(3)45(41,42)25-13-11-24(33)12-14-25/h4-16,20-21,28,38H,17-19H2,1-3H3,(H,35,39)/t20-,21-,28-/m1/s1. The third-order valence-corrected chi connectivity index (χ3v) is 10.4. The molecule has 0 saturated heterocycles. The van der Waals surface area contributed by atoms with E-state index in [1.54, 1.807) is 55.6 Å². The van der Waals surface area contributed by atoms with E-state index in [0.29, 0.717) is 5.56 Å². The van der Waals surface area contributed by atoms with Gasteiger partial charge in [0.25, 0.3) is 11.8 Å². The number of aliphatic hydroxyl groups excluding tert-OH is 1. The SMILES string of the molecule is C[C@@H]1CN([C@H](C)CO)C(=O)c2cccc(NC(=O)c3ccc(-c4nccs4)cc3)c2O[C@@H]1CN(C)S(=O)(=O)c1ccc(F)cc1. The molecule has 5 rings (SSSR count). The summed E-state index contributed by atoms with van der Waals surface area (Å²) in [5, 5.41) is 15.5. The molecule has 0 spiro atoms. The van der Waals surface area contributed by atoms with Crippen LogP contribution in [0.2, 0.25) is 0 Å². The van der Waals surface area contributed by atoms with E-state index in [2.05, 4.69) is 10.3 Å². The van der Waals surface area contributed by atoms with Gasteiger partial charge in [0.2, 0.25) is 10.0 Å². The third-order valence-electron chi connectivity index (χ3n) is 7.72. The number of fused-ring (bicyclic) bond motifs is 1. The second kappa shape index (κ2) is 13.4. The molecule has 0 saturated carbocycles. The first kappa shape index (κ1) is 32.2. The topological polar surface area (TPSA) is 129 Å². The summed E-state index contributed by atoms with van der Waals surface area (Å²) in [6, 6.07) is 15.7. The summed E-state index contributed by atoms with van der Waals surface area (Å²) >= 11 is 1.49. The maximum Gasteiger partial charge on any atom is 0.258 e. The first-order valence-electron chi connectivity index (χ1n) is 14.2. The molecule has 0 radical (unpaired) electrons. The van der Waals surface area contributed by atoms with Gasteiger partial charge in [0.1, 0.15) is 16.9 Å². The highest BCUT2D eigenvalue weighted by atomic mass is 32.2. The van der Waals surface area contributed by atoms with Gasteiger partial charge in [0.05, 0.1) is 35.3 Å². The maximum atomic E-state index is 13.8. The van der Waals surface area contributed by atoms with Crippen LogP contribution >= 0.6 is 11.3 Å². The van der Waals surface area contributed by atoms with Crippen LogP contribution in [0.15, 0.2) is 83.2 Å². The molecular weight excluding hydrogens is 620 g/mol. The van der Waals surface area contributed by atoms with Crippen molar-refractivity contribution in [3.63, 3.8) is 0 Å². The molecule has 2 N–H and O–H groups in total. The molecule has 2 heterocycles. The number of hydrogen-bond donors (Lipinski definition) is 2. The van der Waals surface area contributed by atoms with Crippen LogP contribution in [0.4, 0.5) is 10.1 Å². The lowest BCUT2D eigenvalue weighted by molar-refractivity contribution is 0.0388. The number of para-hydroxylation sites is 1. The van der Waals surface area contributed by atoms with Crippen LogP contribution in [-0.4, -0.2) is 78.4 Å². The second-order valence-electron chi connectivity index (χ2n) is 10.9. The number of carbonyl (C=O) groups excluding carboxylic acids is 2. The number of thiazole rings is 1. The minimum atomic E-state index is -4.01. The van der Waals surface area contributed by atoms with Gasteiger partial charge in [-0.1, -0.05) is 25.1 Å². The summed E-state index contributed by atoms with van der Waals surface area (Å²) in [6.07, 6.45) is 0.929. The number of carbonyl (C=O) groups is 2. The van der Waals surface area contributed by atoms with Crippen LogP contribution in [0.1, 0.15) is 34.6 Å². The molecule has 1 aliphatic rings. The molecule has 13 heteroatoms. The highest BCUT2D eigenvalue weighted by Gasteiger charge is 2.36. The molecule has 0 aliphatic carbocycles. The van der Waals surface area contributed by atoms with Gasteiger partial charge in [-0.05, 0) is 55.5 Å². The molecule has 4 aromatic rings. The minimum absolute atomic E-state index is 0.0789. The lowest BCUT2D eigenvalue weighted by Crippen LogP contribution is -2.50. The number of likely N-dealkylation sites (N-methyl/N-ethyl adjacent to an activating group) is 1. The van der Waals surface area contributed by atoms with E-state index >= 15 is 0 Å². The van der Waals surface area contributed by atoms with Gasteiger partial charge >= 0.3 is 0 Å². The molecule has 45 heavy (non-hydrogen) atoms. The molecule has 1 aromatic heterocycles. The Kier molecular flexibility index (Phi) is 9.63. The summed E-state index contributed by atoms with van der Waals surface area (Å²) in [4.78, 5) is 32.9. The van der Waals surface area contributed by atoms with E-state index in [0.717, 1.165) is 27.0 Å². The van der Waals surface area contributed by atoms with Gasteiger partial charge in [-0.2, -0.15) is 4.31 Å². The summed E-state index contributed by atoms with van der Waals surface area (Å²) in [5.41, 5.74) is 1.63. The molecular formula is C32H33FN4O6S2. The normalized spacial score (nSPS) is 17.6. The number of amides is 2. The van der Waals surface area contributed by atoms with Crippen molar-refractivity contribution in [3.05, 3.63) is 95.3 Å². The average Bonchev–Trinajstić information content (AvgIpc) is 3.58. The monoisotopic (exact) mass is 652 g/mol. The van der Waals surface area contributed by atoms with Crippen molar-refractivity contribution in [1.29, 1.82) is 0 Å². The zero-order valence-electron chi connectivity index (χ0n) is 24.9. The predicted molar refractivity (Wildman–Crippen MR) is 169 cm³/mol. The summed E-state index contributed by atoms with van der Waals surface area (Å²) < 4.78 is 47.8. The van der Waals surface area contributed by atoms with Crippen molar-refractivity contribution in [2.45, 2.75) is 30.9 Å². The molecule has 0 fully saturated rings. The zero-order valence-corrected chi connectivity index (χ0v) is 26.5. The Morgan fingerprint density at radius 3 is 2.53 bits per heavy atom. The molecule has 2 amide bonds. The molecule has 0 bridgehead atoms. The Bertz CT molecular complexity index is 1770. The zero-order chi connectivity index (χ0) is 32.3. The molecule has 1 aliphatic heterocycles. The molecule has 236 valence electrons. The quantitative estimate of drug-likeness (QED) is 0.267. The Morgan fingerprint density at radius 1 is 1.18 bits per heavy atom. The first-order valence-corrected chi connectivity index (χ1v) is 16.6. The van der Waals surface area contributed by atoms with Crippen molar-refractivity contribution < 1.29 is 32.2 Å². The van der Waals surface area contributed by atoms with E-state index in [9.17, 15) is 27.5 Å². The van der Waals surface area contributed by atoms with Crippen molar-refractivity contribution in [1.82, 2.24) is 14.2 Å². The molecule has 0 unspecified atom stereocenters. The van der Waals surface area contributed by atoms with Crippen molar-refractivity contribution >= 4 is 38.9 Å². The number of anilines is 1. The third kappa shape index (κ3) is 6.91. The number of halogens is 1. The largest absolute Gasteiger partial charge is 0.486 e. The number of sulfonamides is 1. The Balaban J connectivity index is 1.47.